The normalized spacial score (nSPS) is 10.6. The van der Waals surface area contributed by atoms with Crippen LogP contribution in [0.2, 0.25) is 0 Å². The Kier molecular flexibility index (Phi) is 4.69. The molecule has 3 heterocycles. The van der Waals surface area contributed by atoms with Crippen LogP contribution in [-0.2, 0) is 9.53 Å². The molecule has 0 saturated heterocycles. The fourth-order valence-corrected chi connectivity index (χ4v) is 2.42. The summed E-state index contributed by atoms with van der Waals surface area (Å²) >= 11 is 0. The molecule has 0 unspecified atom stereocenters. The van der Waals surface area contributed by atoms with E-state index in [-0.39, 0.29) is 18.3 Å². The number of hydrogen-bond donors (Lipinski definition) is 2. The highest BCUT2D eigenvalue weighted by Gasteiger charge is 2.16. The van der Waals surface area contributed by atoms with E-state index in [1.165, 1.54) is 13.0 Å². The summed E-state index contributed by atoms with van der Waals surface area (Å²) in [7, 11) is 0. The predicted molar refractivity (Wildman–Crippen MR) is 91.4 cm³/mol. The van der Waals surface area contributed by atoms with Crippen molar-refractivity contribution in [1.82, 2.24) is 14.6 Å². The number of halogens is 1. The van der Waals surface area contributed by atoms with Crippen molar-refractivity contribution in [1.29, 1.82) is 5.41 Å². The van der Waals surface area contributed by atoms with E-state index in [0.717, 1.165) is 11.7 Å². The van der Waals surface area contributed by atoms with Crippen LogP contribution in [0.3, 0.4) is 0 Å². The van der Waals surface area contributed by atoms with Gasteiger partial charge >= 0.3 is 5.97 Å². The molecule has 8 heteroatoms. The van der Waals surface area contributed by atoms with Gasteiger partial charge in [0, 0.05) is 30.5 Å². The van der Waals surface area contributed by atoms with Crippen LogP contribution < -0.4 is 5.32 Å². The number of nitrogens with one attached hydrogen (secondary N) is 2. The Hall–Kier alpha value is -3.29. The number of esters is 1. The van der Waals surface area contributed by atoms with Crippen molar-refractivity contribution in [2.75, 3.05) is 18.5 Å². The lowest BCUT2D eigenvalue weighted by molar-refractivity contribution is -0.140. The second-order valence-electron chi connectivity index (χ2n) is 5.26. The third-order valence-electron chi connectivity index (χ3n) is 3.54. The highest BCUT2D eigenvalue weighted by Crippen LogP contribution is 2.28. The SMILES string of the molecule is CC(=O)OCCNc1nc(-c2cnn3ccccc23)c(F)cc1C=N. The van der Waals surface area contributed by atoms with Crippen molar-refractivity contribution < 1.29 is 13.9 Å². The van der Waals surface area contributed by atoms with Crippen LogP contribution in [0.5, 0.6) is 0 Å². The van der Waals surface area contributed by atoms with Crippen molar-refractivity contribution in [3.05, 3.63) is 48.0 Å². The van der Waals surface area contributed by atoms with Gasteiger partial charge in [-0.3, -0.25) is 4.79 Å². The minimum Gasteiger partial charge on any atom is -0.464 e. The van der Waals surface area contributed by atoms with Crippen LogP contribution in [-0.4, -0.2) is 39.9 Å². The van der Waals surface area contributed by atoms with Crippen LogP contribution >= 0.6 is 0 Å². The molecule has 0 bridgehead atoms. The quantitative estimate of drug-likeness (QED) is 0.408. The molecular weight excluding hydrogens is 325 g/mol. The number of rotatable bonds is 6. The fourth-order valence-electron chi connectivity index (χ4n) is 2.42. The van der Waals surface area contributed by atoms with E-state index < -0.39 is 5.82 Å². The topological polar surface area (TPSA) is 92.4 Å². The number of pyridine rings is 2. The molecule has 3 rings (SSSR count). The first-order valence-corrected chi connectivity index (χ1v) is 7.61. The van der Waals surface area contributed by atoms with Crippen molar-refractivity contribution in [2.45, 2.75) is 6.92 Å². The molecular formula is C17H16FN5O2. The third-order valence-corrected chi connectivity index (χ3v) is 3.54. The molecule has 128 valence electrons. The predicted octanol–water partition coefficient (Wildman–Crippen LogP) is 2.51. The summed E-state index contributed by atoms with van der Waals surface area (Å²) in [4.78, 5) is 15.1. The van der Waals surface area contributed by atoms with Crippen LogP contribution in [0.25, 0.3) is 16.8 Å². The number of fused-ring (bicyclic) bond motifs is 1. The van der Waals surface area contributed by atoms with E-state index in [1.54, 1.807) is 16.9 Å². The second kappa shape index (κ2) is 7.08. The number of hydrogen-bond acceptors (Lipinski definition) is 6. The van der Waals surface area contributed by atoms with Crippen molar-refractivity contribution in [3.63, 3.8) is 0 Å². The molecule has 25 heavy (non-hydrogen) atoms. The van der Waals surface area contributed by atoms with Gasteiger partial charge in [0.05, 0.1) is 18.3 Å². The first-order chi connectivity index (χ1) is 12.1. The number of carbonyl (C=O) groups excluding carboxylic acids is 1. The zero-order chi connectivity index (χ0) is 17.8. The highest BCUT2D eigenvalue weighted by molar-refractivity contribution is 5.87. The fraction of sp³-hybridized carbons (Fsp3) is 0.176. The van der Waals surface area contributed by atoms with Crippen molar-refractivity contribution in [3.8, 4) is 11.3 Å². The van der Waals surface area contributed by atoms with Gasteiger partial charge in [0.2, 0.25) is 0 Å². The molecule has 0 radical (unpaired) electrons. The molecule has 0 aromatic carbocycles. The Bertz CT molecular complexity index is 938. The molecule has 3 aromatic rings. The van der Waals surface area contributed by atoms with Gasteiger partial charge in [-0.15, -0.1) is 0 Å². The molecule has 0 saturated carbocycles. The Morgan fingerprint density at radius 2 is 2.32 bits per heavy atom. The molecule has 0 spiro atoms. The number of anilines is 1. The van der Waals surface area contributed by atoms with Gasteiger partial charge in [-0.05, 0) is 18.2 Å². The molecule has 2 N–H and O–H groups in total. The largest absolute Gasteiger partial charge is 0.464 e. The second-order valence-corrected chi connectivity index (χ2v) is 5.26. The van der Waals surface area contributed by atoms with E-state index in [0.29, 0.717) is 23.5 Å². The van der Waals surface area contributed by atoms with Crippen molar-refractivity contribution in [2.24, 2.45) is 0 Å². The molecule has 0 aliphatic carbocycles. The minimum absolute atomic E-state index is 0.141. The van der Waals surface area contributed by atoms with E-state index >= 15 is 0 Å². The number of carbonyl (C=O) groups is 1. The first-order valence-electron chi connectivity index (χ1n) is 7.61. The van der Waals surface area contributed by atoms with Gasteiger partial charge < -0.3 is 15.5 Å². The molecule has 0 aliphatic rings. The Balaban J connectivity index is 1.95. The minimum atomic E-state index is -0.539. The molecule has 0 amide bonds. The maximum atomic E-state index is 14.5. The number of nitrogens with zero attached hydrogens (tertiary/aromatic N) is 3. The Morgan fingerprint density at radius 1 is 1.48 bits per heavy atom. The Labute approximate surface area is 143 Å². The zero-order valence-corrected chi connectivity index (χ0v) is 13.5. The number of ether oxygens (including phenoxy) is 1. The van der Waals surface area contributed by atoms with E-state index in [2.05, 4.69) is 15.4 Å². The van der Waals surface area contributed by atoms with Gasteiger partial charge in [-0.25, -0.2) is 13.9 Å². The van der Waals surface area contributed by atoms with Gasteiger partial charge in [0.1, 0.15) is 23.9 Å². The van der Waals surface area contributed by atoms with Gasteiger partial charge in [-0.1, -0.05) is 6.07 Å². The lowest BCUT2D eigenvalue weighted by Gasteiger charge is -2.11. The third kappa shape index (κ3) is 3.47. The molecule has 7 nitrogen and oxygen atoms in total. The van der Waals surface area contributed by atoms with Gasteiger partial charge in [-0.2, -0.15) is 5.10 Å². The molecule has 0 fully saturated rings. The highest BCUT2D eigenvalue weighted by atomic mass is 19.1. The van der Waals surface area contributed by atoms with Crippen LogP contribution in [0.4, 0.5) is 10.2 Å². The lowest BCUT2D eigenvalue weighted by Crippen LogP contribution is -2.14. The van der Waals surface area contributed by atoms with Crippen LogP contribution in [0.1, 0.15) is 12.5 Å². The standard InChI is InChI=1S/C17H16FN5O2/c1-11(24)25-7-5-20-17-12(9-19)8-14(18)16(22-17)13-10-21-23-6-3-2-4-15(13)23/h2-4,6,8-10,19H,5,7H2,1H3,(H,20,22). The monoisotopic (exact) mass is 341 g/mol. The van der Waals surface area contributed by atoms with Crippen molar-refractivity contribution >= 4 is 23.5 Å². The lowest BCUT2D eigenvalue weighted by atomic mass is 10.1. The average Bonchev–Trinajstić information content (AvgIpc) is 3.03. The molecule has 0 atom stereocenters. The van der Waals surface area contributed by atoms with Gasteiger partial charge in [0.15, 0.2) is 0 Å². The summed E-state index contributed by atoms with van der Waals surface area (Å²) in [6.07, 6.45) is 4.33. The summed E-state index contributed by atoms with van der Waals surface area (Å²) < 4.78 is 21.0. The van der Waals surface area contributed by atoms with Gasteiger partial charge in [0.25, 0.3) is 0 Å². The summed E-state index contributed by atoms with van der Waals surface area (Å²) in [5, 5.41) is 14.6. The average molecular weight is 341 g/mol. The smallest absolute Gasteiger partial charge is 0.302 e. The molecule has 3 aromatic heterocycles. The summed E-state index contributed by atoms with van der Waals surface area (Å²) in [5.74, 6) is -0.579. The maximum absolute atomic E-state index is 14.5. The first kappa shape index (κ1) is 16.6. The maximum Gasteiger partial charge on any atom is 0.302 e. The summed E-state index contributed by atoms with van der Waals surface area (Å²) in [5.41, 5.74) is 1.72. The zero-order valence-electron chi connectivity index (χ0n) is 13.5. The van der Waals surface area contributed by atoms with E-state index in [1.807, 2.05) is 18.2 Å². The van der Waals surface area contributed by atoms with E-state index in [4.69, 9.17) is 10.1 Å². The van der Waals surface area contributed by atoms with Crippen LogP contribution in [0.15, 0.2) is 36.7 Å². The Morgan fingerprint density at radius 3 is 3.08 bits per heavy atom. The van der Waals surface area contributed by atoms with E-state index in [9.17, 15) is 9.18 Å². The number of aromatic nitrogens is 3. The summed E-state index contributed by atoms with van der Waals surface area (Å²) in [6, 6.07) is 6.73. The summed E-state index contributed by atoms with van der Waals surface area (Å²) in [6.45, 7) is 1.77. The molecule has 0 aliphatic heterocycles. The van der Waals surface area contributed by atoms with Crippen LogP contribution in [0, 0.1) is 11.2 Å².